The van der Waals surface area contributed by atoms with Crippen molar-refractivity contribution < 1.29 is 4.74 Å². The van der Waals surface area contributed by atoms with Crippen molar-refractivity contribution in [2.24, 2.45) is 0 Å². The molecule has 0 unspecified atom stereocenters. The monoisotopic (exact) mass is 340 g/mol. The number of alkyl halides is 1. The van der Waals surface area contributed by atoms with Crippen molar-refractivity contribution in [2.75, 3.05) is 7.11 Å². The molecule has 0 fully saturated rings. The number of rotatable bonds is 3. The first-order valence-electron chi connectivity index (χ1n) is 6.21. The maximum absolute atomic E-state index is 6.11. The van der Waals surface area contributed by atoms with Crippen LogP contribution in [0.25, 0.3) is 16.7 Å². The molecule has 0 saturated heterocycles. The van der Waals surface area contributed by atoms with Gasteiger partial charge in [0.15, 0.2) is 0 Å². The van der Waals surface area contributed by atoms with Gasteiger partial charge >= 0.3 is 0 Å². The number of hydrogen-bond donors (Lipinski definition) is 0. The van der Waals surface area contributed by atoms with Crippen LogP contribution in [0.4, 0.5) is 0 Å². The Balaban J connectivity index is 2.26. The summed E-state index contributed by atoms with van der Waals surface area (Å²) in [6.45, 7) is 0. The predicted molar refractivity (Wildman–Crippen MR) is 87.2 cm³/mol. The normalized spacial score (nSPS) is 11.0. The van der Waals surface area contributed by atoms with Gasteiger partial charge in [0.25, 0.3) is 0 Å². The smallest absolute Gasteiger partial charge is 0.129 e. The van der Waals surface area contributed by atoms with Crippen LogP contribution in [0.3, 0.4) is 0 Å². The van der Waals surface area contributed by atoms with E-state index < -0.39 is 0 Å². The average Bonchev–Trinajstić information content (AvgIpc) is 2.87. The van der Waals surface area contributed by atoms with Gasteiger partial charge in [0.2, 0.25) is 0 Å². The minimum absolute atomic E-state index is 0.289. The van der Waals surface area contributed by atoms with Crippen LogP contribution in [-0.4, -0.2) is 16.7 Å². The molecule has 3 rings (SSSR count). The minimum Gasteiger partial charge on any atom is -0.497 e. The number of benzene rings is 2. The van der Waals surface area contributed by atoms with E-state index in [2.05, 4.69) is 4.98 Å². The third-order valence-electron chi connectivity index (χ3n) is 3.21. The maximum atomic E-state index is 6.11. The van der Waals surface area contributed by atoms with Crippen LogP contribution in [-0.2, 0) is 5.88 Å². The lowest BCUT2D eigenvalue weighted by Crippen LogP contribution is -1.99. The van der Waals surface area contributed by atoms with Crippen molar-refractivity contribution in [2.45, 2.75) is 5.88 Å². The number of halogens is 3. The highest BCUT2D eigenvalue weighted by molar-refractivity contribution is 6.42. The van der Waals surface area contributed by atoms with Gasteiger partial charge in [-0.3, -0.25) is 4.57 Å². The summed E-state index contributed by atoms with van der Waals surface area (Å²) < 4.78 is 7.19. The van der Waals surface area contributed by atoms with E-state index in [-0.39, 0.29) is 5.88 Å². The lowest BCUT2D eigenvalue weighted by Gasteiger charge is -2.09. The SMILES string of the molecule is COc1ccc2c(c1)nc(CCl)n2-c1ccc(Cl)c(Cl)c1. The van der Waals surface area contributed by atoms with Gasteiger partial charge in [-0.05, 0) is 30.3 Å². The fraction of sp³-hybridized carbons (Fsp3) is 0.133. The zero-order valence-corrected chi connectivity index (χ0v) is 13.4. The number of nitrogens with zero attached hydrogens (tertiary/aromatic N) is 2. The van der Waals surface area contributed by atoms with Gasteiger partial charge in [-0.1, -0.05) is 23.2 Å². The van der Waals surface area contributed by atoms with Crippen molar-refractivity contribution in [1.29, 1.82) is 0 Å². The maximum Gasteiger partial charge on any atom is 0.129 e. The second-order valence-electron chi connectivity index (χ2n) is 4.45. The number of fused-ring (bicyclic) bond motifs is 1. The predicted octanol–water partition coefficient (Wildman–Crippen LogP) is 5.08. The lowest BCUT2D eigenvalue weighted by molar-refractivity contribution is 0.415. The van der Waals surface area contributed by atoms with E-state index in [1.54, 1.807) is 19.2 Å². The minimum atomic E-state index is 0.289. The molecular formula is C15H11Cl3N2O. The molecule has 0 aliphatic rings. The summed E-state index contributed by atoms with van der Waals surface area (Å²) in [5, 5.41) is 1.00. The van der Waals surface area contributed by atoms with E-state index in [0.717, 1.165) is 28.3 Å². The van der Waals surface area contributed by atoms with E-state index in [1.807, 2.05) is 28.8 Å². The zero-order valence-electron chi connectivity index (χ0n) is 11.1. The first-order chi connectivity index (χ1) is 10.1. The van der Waals surface area contributed by atoms with Crippen LogP contribution in [0, 0.1) is 0 Å². The highest BCUT2D eigenvalue weighted by atomic mass is 35.5. The third kappa shape index (κ3) is 2.57. The van der Waals surface area contributed by atoms with E-state index in [9.17, 15) is 0 Å². The summed E-state index contributed by atoms with van der Waals surface area (Å²) in [5.41, 5.74) is 2.62. The van der Waals surface area contributed by atoms with Crippen LogP contribution in [0.15, 0.2) is 36.4 Å². The highest BCUT2D eigenvalue weighted by Gasteiger charge is 2.13. The molecule has 3 aromatic rings. The quantitative estimate of drug-likeness (QED) is 0.621. The Morgan fingerprint density at radius 1 is 1.10 bits per heavy atom. The molecular weight excluding hydrogens is 331 g/mol. The van der Waals surface area contributed by atoms with Gasteiger partial charge in [-0.2, -0.15) is 0 Å². The van der Waals surface area contributed by atoms with Crippen LogP contribution in [0.1, 0.15) is 5.82 Å². The van der Waals surface area contributed by atoms with Crippen LogP contribution >= 0.6 is 34.8 Å². The Kier molecular flexibility index (Phi) is 3.98. The van der Waals surface area contributed by atoms with Crippen molar-refractivity contribution in [3.8, 4) is 11.4 Å². The zero-order chi connectivity index (χ0) is 15.0. The second kappa shape index (κ2) is 5.76. The van der Waals surface area contributed by atoms with Crippen LogP contribution in [0.5, 0.6) is 5.75 Å². The highest BCUT2D eigenvalue weighted by Crippen LogP contribution is 2.29. The van der Waals surface area contributed by atoms with Crippen LogP contribution in [0.2, 0.25) is 10.0 Å². The van der Waals surface area contributed by atoms with Gasteiger partial charge < -0.3 is 4.74 Å². The first-order valence-corrected chi connectivity index (χ1v) is 7.50. The molecule has 0 atom stereocenters. The molecule has 6 heteroatoms. The Hall–Kier alpha value is -1.42. The van der Waals surface area contributed by atoms with Gasteiger partial charge in [0.1, 0.15) is 11.6 Å². The summed E-state index contributed by atoms with van der Waals surface area (Å²) in [5.74, 6) is 1.78. The van der Waals surface area contributed by atoms with Crippen LogP contribution < -0.4 is 4.74 Å². The summed E-state index contributed by atoms with van der Waals surface area (Å²) >= 11 is 18.1. The fourth-order valence-corrected chi connectivity index (χ4v) is 2.71. The molecule has 108 valence electrons. The molecule has 2 aromatic carbocycles. The van der Waals surface area contributed by atoms with E-state index in [0.29, 0.717) is 10.0 Å². The van der Waals surface area contributed by atoms with Gasteiger partial charge in [-0.25, -0.2) is 4.98 Å². The van der Waals surface area contributed by atoms with Crippen molar-refractivity contribution in [1.82, 2.24) is 9.55 Å². The van der Waals surface area contributed by atoms with E-state index in [4.69, 9.17) is 39.5 Å². The molecule has 0 bridgehead atoms. The van der Waals surface area contributed by atoms with Gasteiger partial charge in [-0.15, -0.1) is 11.6 Å². The third-order valence-corrected chi connectivity index (χ3v) is 4.19. The molecule has 0 amide bonds. The Bertz CT molecular complexity index is 814. The Morgan fingerprint density at radius 2 is 1.90 bits per heavy atom. The molecule has 1 aromatic heterocycles. The molecule has 0 N–H and O–H groups in total. The average molecular weight is 342 g/mol. The summed E-state index contributed by atoms with van der Waals surface area (Å²) in [4.78, 5) is 4.54. The second-order valence-corrected chi connectivity index (χ2v) is 5.53. The Morgan fingerprint density at radius 3 is 2.57 bits per heavy atom. The van der Waals surface area contributed by atoms with Crippen molar-refractivity contribution in [3.63, 3.8) is 0 Å². The van der Waals surface area contributed by atoms with Gasteiger partial charge in [0, 0.05) is 11.8 Å². The summed E-state index contributed by atoms with van der Waals surface area (Å²) in [6.07, 6.45) is 0. The fourth-order valence-electron chi connectivity index (χ4n) is 2.24. The molecule has 0 aliphatic heterocycles. The number of methoxy groups -OCH3 is 1. The molecule has 3 nitrogen and oxygen atoms in total. The molecule has 21 heavy (non-hydrogen) atoms. The summed E-state index contributed by atoms with van der Waals surface area (Å²) in [7, 11) is 1.62. The number of hydrogen-bond acceptors (Lipinski definition) is 2. The van der Waals surface area contributed by atoms with E-state index in [1.165, 1.54) is 0 Å². The topological polar surface area (TPSA) is 27.1 Å². The molecule has 0 spiro atoms. The standard InChI is InChI=1S/C15H11Cl3N2O/c1-21-10-3-5-14-13(7-10)19-15(8-16)20(14)9-2-4-11(17)12(18)6-9/h2-7H,8H2,1H3. The molecule has 0 aliphatic carbocycles. The van der Waals surface area contributed by atoms with Gasteiger partial charge in [0.05, 0.1) is 34.1 Å². The van der Waals surface area contributed by atoms with E-state index >= 15 is 0 Å². The lowest BCUT2D eigenvalue weighted by atomic mass is 10.2. The van der Waals surface area contributed by atoms with Crippen molar-refractivity contribution in [3.05, 3.63) is 52.3 Å². The summed E-state index contributed by atoms with van der Waals surface area (Å²) in [6, 6.07) is 11.1. The molecule has 0 saturated carbocycles. The van der Waals surface area contributed by atoms with Crippen molar-refractivity contribution >= 4 is 45.8 Å². The largest absolute Gasteiger partial charge is 0.497 e. The number of imidazole rings is 1. The number of ether oxygens (including phenoxy) is 1. The Labute approximate surface area is 137 Å². The number of aromatic nitrogens is 2. The molecule has 1 heterocycles. The first kappa shape index (κ1) is 14.5. The molecule has 0 radical (unpaired) electrons.